The van der Waals surface area contributed by atoms with E-state index in [1.807, 2.05) is 0 Å². The Morgan fingerprint density at radius 1 is 1.43 bits per heavy atom. The Morgan fingerprint density at radius 2 is 2.14 bits per heavy atom. The van der Waals surface area contributed by atoms with Gasteiger partial charge in [-0.3, -0.25) is 14.9 Å². The summed E-state index contributed by atoms with van der Waals surface area (Å²) in [5, 5.41) is 13.3. The van der Waals surface area contributed by atoms with E-state index >= 15 is 0 Å². The third-order valence-corrected chi connectivity index (χ3v) is 2.86. The molecule has 8 heteroatoms. The Labute approximate surface area is 123 Å². The van der Waals surface area contributed by atoms with Crippen molar-refractivity contribution in [3.8, 4) is 0 Å². The minimum Gasteiger partial charge on any atom is -0.306 e. The van der Waals surface area contributed by atoms with Crippen LogP contribution in [0.4, 0.5) is 15.9 Å². The summed E-state index contributed by atoms with van der Waals surface area (Å²) in [6.45, 7) is 1.34. The lowest BCUT2D eigenvalue weighted by Crippen LogP contribution is -2.15. The van der Waals surface area contributed by atoms with Crippen molar-refractivity contribution in [1.82, 2.24) is 4.98 Å². The summed E-state index contributed by atoms with van der Waals surface area (Å²) < 4.78 is 13.9. The monoisotopic (exact) mass is 309 g/mol. The molecule has 0 aliphatic heterocycles. The van der Waals surface area contributed by atoms with Crippen molar-refractivity contribution in [3.05, 3.63) is 62.5 Å². The molecular weight excluding hydrogens is 301 g/mol. The maximum Gasteiger partial charge on any atom is 0.270 e. The largest absolute Gasteiger partial charge is 0.306 e. The van der Waals surface area contributed by atoms with Gasteiger partial charge in [0.15, 0.2) is 0 Å². The van der Waals surface area contributed by atoms with Crippen LogP contribution in [0.2, 0.25) is 5.15 Å². The maximum atomic E-state index is 13.9. The van der Waals surface area contributed by atoms with Crippen molar-refractivity contribution in [2.24, 2.45) is 0 Å². The fourth-order valence-electron chi connectivity index (χ4n) is 1.68. The Kier molecular flexibility index (Phi) is 4.13. The molecule has 0 bridgehead atoms. The molecule has 0 saturated carbocycles. The van der Waals surface area contributed by atoms with Crippen molar-refractivity contribution in [2.75, 3.05) is 5.32 Å². The standard InChI is InChI=1S/C13H9ClFN3O3/c1-7-5-8(18(20)21)6-9(12(7)15)13(19)17-11-4-2-3-10(14)16-11/h2-6H,1H3,(H,16,17,19). The Morgan fingerprint density at radius 3 is 2.76 bits per heavy atom. The third-order valence-electron chi connectivity index (χ3n) is 2.65. The van der Waals surface area contributed by atoms with Crippen LogP contribution >= 0.6 is 11.6 Å². The van der Waals surface area contributed by atoms with Crippen LogP contribution in [0.15, 0.2) is 30.3 Å². The molecule has 0 fully saturated rings. The lowest BCUT2D eigenvalue weighted by molar-refractivity contribution is -0.385. The van der Waals surface area contributed by atoms with E-state index in [0.29, 0.717) is 0 Å². The van der Waals surface area contributed by atoms with E-state index in [0.717, 1.165) is 12.1 Å². The molecule has 108 valence electrons. The van der Waals surface area contributed by atoms with Gasteiger partial charge in [-0.25, -0.2) is 9.37 Å². The number of pyridine rings is 1. The molecule has 6 nitrogen and oxygen atoms in total. The summed E-state index contributed by atoms with van der Waals surface area (Å²) in [5.41, 5.74) is -0.782. The highest BCUT2D eigenvalue weighted by Gasteiger charge is 2.20. The van der Waals surface area contributed by atoms with E-state index in [2.05, 4.69) is 10.3 Å². The summed E-state index contributed by atoms with van der Waals surface area (Å²) in [6, 6.07) is 6.47. The van der Waals surface area contributed by atoms with Crippen LogP contribution in [0, 0.1) is 22.9 Å². The molecule has 0 unspecified atom stereocenters. The van der Waals surface area contributed by atoms with E-state index in [1.165, 1.54) is 19.1 Å². The fourth-order valence-corrected chi connectivity index (χ4v) is 1.85. The van der Waals surface area contributed by atoms with E-state index in [4.69, 9.17) is 11.6 Å². The van der Waals surface area contributed by atoms with E-state index in [9.17, 15) is 19.3 Å². The lowest BCUT2D eigenvalue weighted by atomic mass is 10.1. The van der Waals surface area contributed by atoms with Gasteiger partial charge in [0.2, 0.25) is 0 Å². The number of hydrogen-bond acceptors (Lipinski definition) is 4. The summed E-state index contributed by atoms with van der Waals surface area (Å²) in [6.07, 6.45) is 0. The zero-order chi connectivity index (χ0) is 15.6. The second kappa shape index (κ2) is 5.84. The first-order chi connectivity index (χ1) is 9.88. The number of nitrogens with one attached hydrogen (secondary N) is 1. The number of nitrogens with zero attached hydrogens (tertiary/aromatic N) is 2. The molecule has 2 aromatic rings. The highest BCUT2D eigenvalue weighted by Crippen LogP contribution is 2.22. The zero-order valence-corrected chi connectivity index (χ0v) is 11.5. The molecule has 0 spiro atoms. The van der Waals surface area contributed by atoms with Gasteiger partial charge in [-0.2, -0.15) is 0 Å². The Bertz CT molecular complexity index is 737. The number of nitro groups is 1. The van der Waals surface area contributed by atoms with Crippen LogP contribution in [-0.4, -0.2) is 15.8 Å². The number of hydrogen-bond donors (Lipinski definition) is 1. The molecule has 1 aromatic heterocycles. The van der Waals surface area contributed by atoms with Crippen LogP contribution in [-0.2, 0) is 0 Å². The minimum atomic E-state index is -0.839. The first kappa shape index (κ1) is 14.9. The number of rotatable bonds is 3. The van der Waals surface area contributed by atoms with E-state index < -0.39 is 22.2 Å². The number of carbonyl (C=O) groups is 1. The smallest absolute Gasteiger partial charge is 0.270 e. The van der Waals surface area contributed by atoms with Gasteiger partial charge in [0.1, 0.15) is 16.8 Å². The number of halogens is 2. The molecular formula is C13H9ClFN3O3. The van der Waals surface area contributed by atoms with E-state index in [-0.39, 0.29) is 22.2 Å². The topological polar surface area (TPSA) is 85.1 Å². The number of carbonyl (C=O) groups excluding carboxylic acids is 1. The van der Waals surface area contributed by atoms with Crippen molar-refractivity contribution in [1.29, 1.82) is 0 Å². The average Bonchev–Trinajstić information content (AvgIpc) is 2.41. The molecule has 1 N–H and O–H groups in total. The molecule has 0 radical (unpaired) electrons. The highest BCUT2D eigenvalue weighted by atomic mass is 35.5. The zero-order valence-electron chi connectivity index (χ0n) is 10.8. The predicted molar refractivity (Wildman–Crippen MR) is 75.0 cm³/mol. The van der Waals surface area contributed by atoms with Gasteiger partial charge in [-0.1, -0.05) is 17.7 Å². The van der Waals surface area contributed by atoms with Crippen LogP contribution in [0.3, 0.4) is 0 Å². The minimum absolute atomic E-state index is 0.00778. The van der Waals surface area contributed by atoms with Gasteiger partial charge >= 0.3 is 0 Å². The first-order valence-electron chi connectivity index (χ1n) is 5.77. The molecule has 0 atom stereocenters. The molecule has 1 heterocycles. The number of aromatic nitrogens is 1. The fraction of sp³-hybridized carbons (Fsp3) is 0.0769. The SMILES string of the molecule is Cc1cc([N+](=O)[O-])cc(C(=O)Nc2cccc(Cl)n2)c1F. The normalized spacial score (nSPS) is 10.2. The summed E-state index contributed by atoms with van der Waals surface area (Å²) in [4.78, 5) is 25.9. The molecule has 0 aliphatic rings. The molecule has 1 amide bonds. The number of anilines is 1. The van der Waals surface area contributed by atoms with Gasteiger partial charge in [0.25, 0.3) is 11.6 Å². The van der Waals surface area contributed by atoms with Gasteiger partial charge in [-0.05, 0) is 24.6 Å². The van der Waals surface area contributed by atoms with Crippen molar-refractivity contribution in [2.45, 2.75) is 6.92 Å². The molecule has 0 saturated heterocycles. The number of benzene rings is 1. The number of aryl methyl sites for hydroxylation is 1. The van der Waals surface area contributed by atoms with Crippen LogP contribution in [0.1, 0.15) is 15.9 Å². The van der Waals surface area contributed by atoms with E-state index in [1.54, 1.807) is 6.07 Å². The van der Waals surface area contributed by atoms with Gasteiger partial charge in [-0.15, -0.1) is 0 Å². The van der Waals surface area contributed by atoms with Crippen molar-refractivity contribution in [3.63, 3.8) is 0 Å². The molecule has 0 aliphatic carbocycles. The summed E-state index contributed by atoms with van der Waals surface area (Å²) in [7, 11) is 0. The van der Waals surface area contributed by atoms with Gasteiger partial charge in [0, 0.05) is 12.1 Å². The quantitative estimate of drug-likeness (QED) is 0.535. The van der Waals surface area contributed by atoms with Gasteiger partial charge in [0.05, 0.1) is 10.5 Å². The second-order valence-corrected chi connectivity index (χ2v) is 4.57. The highest BCUT2D eigenvalue weighted by molar-refractivity contribution is 6.29. The molecule has 2 rings (SSSR count). The van der Waals surface area contributed by atoms with Crippen LogP contribution < -0.4 is 5.32 Å². The lowest BCUT2D eigenvalue weighted by Gasteiger charge is -2.07. The maximum absolute atomic E-state index is 13.9. The Balaban J connectivity index is 2.37. The predicted octanol–water partition coefficient (Wildman–Crippen LogP) is 3.34. The first-order valence-corrected chi connectivity index (χ1v) is 6.14. The van der Waals surface area contributed by atoms with Crippen LogP contribution in [0.5, 0.6) is 0 Å². The van der Waals surface area contributed by atoms with Crippen LogP contribution in [0.25, 0.3) is 0 Å². The van der Waals surface area contributed by atoms with Crippen molar-refractivity contribution >= 4 is 29.0 Å². The van der Waals surface area contributed by atoms with Gasteiger partial charge < -0.3 is 5.32 Å². The number of non-ortho nitro benzene ring substituents is 1. The third kappa shape index (κ3) is 3.32. The molecule has 21 heavy (non-hydrogen) atoms. The second-order valence-electron chi connectivity index (χ2n) is 4.18. The molecule has 1 aromatic carbocycles. The number of amides is 1. The number of nitro benzene ring substituents is 1. The summed E-state index contributed by atoms with van der Waals surface area (Å²) in [5.74, 6) is -1.54. The van der Waals surface area contributed by atoms with Crippen molar-refractivity contribution < 1.29 is 14.1 Å². The summed E-state index contributed by atoms with van der Waals surface area (Å²) >= 11 is 5.67. The average molecular weight is 310 g/mol. The Hall–Kier alpha value is -2.54.